The molecular formula is C6H13ClNO5P. The van der Waals surface area contributed by atoms with E-state index >= 15 is 0 Å². The maximum absolute atomic E-state index is 11.2. The van der Waals surface area contributed by atoms with Gasteiger partial charge in [0.15, 0.2) is 0 Å². The molecule has 6 nitrogen and oxygen atoms in total. The molecule has 0 aromatic rings. The van der Waals surface area contributed by atoms with Gasteiger partial charge in [0, 0.05) is 11.2 Å². The van der Waals surface area contributed by atoms with Crippen LogP contribution in [0.15, 0.2) is 0 Å². The largest absolute Gasteiger partial charge is 0.476 e. The highest BCUT2D eigenvalue weighted by Crippen LogP contribution is 2.47. The van der Waals surface area contributed by atoms with Crippen molar-refractivity contribution < 1.29 is 23.6 Å². The Balaban J connectivity index is 4.37. The second kappa shape index (κ2) is 5.68. The maximum atomic E-state index is 11.2. The molecular weight excluding hydrogens is 232 g/mol. The summed E-state index contributed by atoms with van der Waals surface area (Å²) in [6.07, 6.45) is 0. The first-order chi connectivity index (χ1) is 6.28. The molecule has 0 aromatic carbocycles. The van der Waals surface area contributed by atoms with Crippen LogP contribution in [-0.2, 0) is 18.7 Å². The zero-order chi connectivity index (χ0) is 11.4. The quantitative estimate of drug-likeness (QED) is 0.556. The molecule has 0 aliphatic carbocycles. The van der Waals surface area contributed by atoms with Crippen LogP contribution in [0.2, 0.25) is 0 Å². The van der Waals surface area contributed by atoms with Crippen molar-refractivity contribution in [1.29, 1.82) is 0 Å². The van der Waals surface area contributed by atoms with Gasteiger partial charge in [0.1, 0.15) is 6.04 Å². The SMILES string of the molecule is CON[C@H](C(=O)OP(=O)(O)Cl)C(C)C. The minimum absolute atomic E-state index is 0.161. The Morgan fingerprint density at radius 3 is 2.36 bits per heavy atom. The normalized spacial score (nSPS) is 17.6. The molecule has 0 radical (unpaired) electrons. The van der Waals surface area contributed by atoms with Crippen molar-refractivity contribution in [3.63, 3.8) is 0 Å². The number of rotatable bonds is 5. The van der Waals surface area contributed by atoms with E-state index in [1.807, 2.05) is 0 Å². The number of carbonyl (C=O) groups is 1. The molecule has 0 saturated heterocycles. The zero-order valence-electron chi connectivity index (χ0n) is 8.06. The second-order valence-electron chi connectivity index (χ2n) is 2.91. The molecule has 14 heavy (non-hydrogen) atoms. The molecule has 0 fully saturated rings. The summed E-state index contributed by atoms with van der Waals surface area (Å²) in [5.74, 6) is -1.09. The number of hydrogen-bond acceptors (Lipinski definition) is 5. The summed E-state index contributed by atoms with van der Waals surface area (Å²) < 4.78 is 14.7. The van der Waals surface area contributed by atoms with Crippen LogP contribution in [0.1, 0.15) is 13.8 Å². The van der Waals surface area contributed by atoms with Crippen LogP contribution in [0.4, 0.5) is 0 Å². The van der Waals surface area contributed by atoms with E-state index in [2.05, 4.69) is 14.8 Å². The van der Waals surface area contributed by atoms with Gasteiger partial charge in [-0.15, -0.1) is 0 Å². The van der Waals surface area contributed by atoms with Crippen LogP contribution in [0.25, 0.3) is 0 Å². The molecule has 0 bridgehead atoms. The lowest BCUT2D eigenvalue weighted by atomic mass is 10.1. The second-order valence-corrected chi connectivity index (χ2v) is 5.27. The van der Waals surface area contributed by atoms with E-state index < -0.39 is 19.0 Å². The van der Waals surface area contributed by atoms with Crippen molar-refractivity contribution in [2.45, 2.75) is 19.9 Å². The number of hydroxylamine groups is 1. The van der Waals surface area contributed by atoms with Gasteiger partial charge in [-0.25, -0.2) is 9.36 Å². The fourth-order valence-electron chi connectivity index (χ4n) is 0.751. The molecule has 1 unspecified atom stereocenters. The van der Waals surface area contributed by atoms with Gasteiger partial charge >= 0.3 is 12.9 Å². The van der Waals surface area contributed by atoms with Crippen molar-refractivity contribution in [3.05, 3.63) is 0 Å². The molecule has 0 aromatic heterocycles. The Bertz CT molecular complexity index is 240. The van der Waals surface area contributed by atoms with Crippen molar-refractivity contribution in [2.24, 2.45) is 5.92 Å². The topological polar surface area (TPSA) is 84.9 Å². The Hall–Kier alpha value is -0.130. The van der Waals surface area contributed by atoms with Gasteiger partial charge in [0.05, 0.1) is 7.11 Å². The zero-order valence-corrected chi connectivity index (χ0v) is 9.71. The smallest absolute Gasteiger partial charge is 0.379 e. The highest BCUT2D eigenvalue weighted by Gasteiger charge is 2.29. The fourth-order valence-corrected chi connectivity index (χ4v) is 1.29. The standard InChI is InChI=1S/C6H13ClNO5P/c1-4(2)5(8-12-3)6(9)13-14(7,10)11/h4-5,8H,1-3H3,(H,10,11)/t5-/m0/s1. The lowest BCUT2D eigenvalue weighted by Gasteiger charge is -2.19. The van der Waals surface area contributed by atoms with Crippen LogP contribution in [0.3, 0.4) is 0 Å². The minimum atomic E-state index is -4.31. The van der Waals surface area contributed by atoms with E-state index in [4.69, 9.17) is 16.1 Å². The summed E-state index contributed by atoms with van der Waals surface area (Å²) in [6, 6.07) is -0.834. The average Bonchev–Trinajstić information content (AvgIpc) is 1.95. The van der Waals surface area contributed by atoms with Crippen LogP contribution >= 0.6 is 18.2 Å². The van der Waals surface area contributed by atoms with E-state index in [9.17, 15) is 9.36 Å². The van der Waals surface area contributed by atoms with Gasteiger partial charge in [-0.3, -0.25) is 0 Å². The van der Waals surface area contributed by atoms with Gasteiger partial charge in [0.2, 0.25) is 0 Å². The summed E-state index contributed by atoms with van der Waals surface area (Å²) in [5.41, 5.74) is 2.34. The highest BCUT2D eigenvalue weighted by atomic mass is 35.7. The molecule has 0 spiro atoms. The molecule has 0 aliphatic heterocycles. The Labute approximate surface area is 86.8 Å². The number of nitrogens with one attached hydrogen (secondary N) is 1. The highest BCUT2D eigenvalue weighted by molar-refractivity contribution is 7.80. The third kappa shape index (κ3) is 5.57. The van der Waals surface area contributed by atoms with Gasteiger partial charge in [-0.2, -0.15) is 5.48 Å². The lowest BCUT2D eigenvalue weighted by Crippen LogP contribution is -2.40. The third-order valence-electron chi connectivity index (χ3n) is 1.37. The molecule has 84 valence electrons. The average molecular weight is 246 g/mol. The Morgan fingerprint density at radius 2 is 2.07 bits per heavy atom. The Morgan fingerprint density at radius 1 is 1.57 bits per heavy atom. The molecule has 0 rings (SSSR count). The lowest BCUT2D eigenvalue weighted by molar-refractivity contribution is -0.142. The van der Waals surface area contributed by atoms with Crippen molar-refractivity contribution in [1.82, 2.24) is 5.48 Å². The number of carbonyl (C=O) groups excluding carboxylic acids is 1. The van der Waals surface area contributed by atoms with Gasteiger partial charge in [-0.05, 0) is 5.92 Å². The van der Waals surface area contributed by atoms with Crippen molar-refractivity contribution in [2.75, 3.05) is 7.11 Å². The summed E-state index contributed by atoms with van der Waals surface area (Å²) in [4.78, 5) is 24.3. The van der Waals surface area contributed by atoms with Crippen LogP contribution in [-0.4, -0.2) is 24.0 Å². The first kappa shape index (κ1) is 13.9. The Kier molecular flexibility index (Phi) is 5.63. The first-order valence-corrected chi connectivity index (χ1v) is 6.30. The first-order valence-electron chi connectivity index (χ1n) is 3.82. The summed E-state index contributed by atoms with van der Waals surface area (Å²) in [5, 5.41) is 0. The number of hydrogen-bond donors (Lipinski definition) is 2. The summed E-state index contributed by atoms with van der Waals surface area (Å²) >= 11 is 4.88. The van der Waals surface area contributed by atoms with Crippen molar-refractivity contribution >= 4 is 24.2 Å². The van der Waals surface area contributed by atoms with Crippen LogP contribution < -0.4 is 5.48 Å². The maximum Gasteiger partial charge on any atom is 0.476 e. The minimum Gasteiger partial charge on any atom is -0.379 e. The predicted molar refractivity (Wildman–Crippen MR) is 50.5 cm³/mol. The third-order valence-corrected chi connectivity index (χ3v) is 1.98. The number of halogens is 1. The van der Waals surface area contributed by atoms with E-state index in [0.717, 1.165) is 0 Å². The van der Waals surface area contributed by atoms with Crippen molar-refractivity contribution in [3.8, 4) is 0 Å². The molecule has 0 amide bonds. The summed E-state index contributed by atoms with van der Waals surface area (Å²) in [6.45, 7) is -0.878. The van der Waals surface area contributed by atoms with E-state index in [-0.39, 0.29) is 5.92 Å². The summed E-state index contributed by atoms with van der Waals surface area (Å²) in [7, 11) is 1.32. The molecule has 0 saturated carbocycles. The molecule has 2 atom stereocenters. The predicted octanol–water partition coefficient (Wildman–Crippen LogP) is 1.04. The molecule has 8 heteroatoms. The van der Waals surface area contributed by atoms with E-state index in [1.165, 1.54) is 7.11 Å². The molecule has 2 N–H and O–H groups in total. The van der Waals surface area contributed by atoms with Crippen LogP contribution in [0.5, 0.6) is 0 Å². The fraction of sp³-hybridized carbons (Fsp3) is 0.833. The van der Waals surface area contributed by atoms with Gasteiger partial charge in [-0.1, -0.05) is 13.8 Å². The van der Waals surface area contributed by atoms with Crippen LogP contribution in [0, 0.1) is 5.92 Å². The van der Waals surface area contributed by atoms with E-state index in [1.54, 1.807) is 13.8 Å². The van der Waals surface area contributed by atoms with Gasteiger partial charge < -0.3 is 14.3 Å². The molecule has 0 heterocycles. The monoisotopic (exact) mass is 245 g/mol. The molecule has 0 aliphatic rings. The van der Waals surface area contributed by atoms with E-state index in [0.29, 0.717) is 0 Å². The van der Waals surface area contributed by atoms with Gasteiger partial charge in [0.25, 0.3) is 0 Å².